The lowest BCUT2D eigenvalue weighted by molar-refractivity contribution is -0.389. The Bertz CT molecular complexity index is 1290. The SMILES string of the molecule is CC(=O)N[C@H]1[C@H]([C@H](O)[C@H](O)CO)O[C@](O)(C[C]2O[C@H](CO)[C@H](O)[C@H](O)[C@]2(OC2O[C@H](CO)[C@H](O)[C@H](O)[C@H]2O)C2O[C@H](CO)[C@H](O)[C@H](O)[C@H]2NC(C)=O)C[C@@H]1O. The van der Waals surface area contributed by atoms with Gasteiger partial charge >= 0.3 is 0 Å². The molecule has 0 aromatic carbocycles. The molecule has 55 heavy (non-hydrogen) atoms. The van der Waals surface area contributed by atoms with Gasteiger partial charge in [0.25, 0.3) is 0 Å². The zero-order valence-corrected chi connectivity index (χ0v) is 29.7. The monoisotopic (exact) mass is 805 g/mol. The van der Waals surface area contributed by atoms with Crippen molar-refractivity contribution in [2.75, 3.05) is 26.4 Å². The van der Waals surface area contributed by atoms with Crippen LogP contribution < -0.4 is 10.6 Å². The second-order valence-electron chi connectivity index (χ2n) is 14.2. The van der Waals surface area contributed by atoms with Crippen molar-refractivity contribution in [2.45, 2.75) is 148 Å². The Kier molecular flexibility index (Phi) is 15.3. The van der Waals surface area contributed by atoms with Crippen LogP contribution in [0.2, 0.25) is 0 Å². The summed E-state index contributed by atoms with van der Waals surface area (Å²) in [5, 5.41) is 166. The number of nitrogens with one attached hydrogen (secondary N) is 2. The molecule has 0 bridgehead atoms. The van der Waals surface area contributed by atoms with Gasteiger partial charge < -0.3 is 111 Å². The van der Waals surface area contributed by atoms with E-state index in [1.165, 1.54) is 0 Å². The first kappa shape index (κ1) is 45.8. The van der Waals surface area contributed by atoms with Crippen molar-refractivity contribution in [3.63, 3.8) is 0 Å². The maximum atomic E-state index is 12.5. The predicted octanol–water partition coefficient (Wildman–Crippen LogP) is -10.4. The number of hydrogen-bond donors (Lipinski definition) is 17. The largest absolute Gasteiger partial charge is 0.394 e. The zero-order chi connectivity index (χ0) is 41.3. The van der Waals surface area contributed by atoms with Crippen LogP contribution in [-0.4, -0.2) is 236 Å². The molecule has 24 heteroatoms. The van der Waals surface area contributed by atoms with E-state index in [-0.39, 0.29) is 0 Å². The van der Waals surface area contributed by atoms with Crippen molar-refractivity contribution in [1.29, 1.82) is 0 Å². The van der Waals surface area contributed by atoms with Crippen LogP contribution in [0.5, 0.6) is 0 Å². The van der Waals surface area contributed by atoms with Gasteiger partial charge in [-0.2, -0.15) is 0 Å². The number of ether oxygens (including phenoxy) is 5. The molecule has 0 saturated carbocycles. The van der Waals surface area contributed by atoms with E-state index >= 15 is 0 Å². The van der Waals surface area contributed by atoms with E-state index in [4.69, 9.17) is 23.7 Å². The van der Waals surface area contributed by atoms with E-state index in [1.807, 2.05) is 0 Å². The third kappa shape index (κ3) is 9.08. The van der Waals surface area contributed by atoms with Gasteiger partial charge in [-0.15, -0.1) is 0 Å². The average molecular weight is 806 g/mol. The molecule has 0 aromatic heterocycles. The Morgan fingerprint density at radius 3 is 1.85 bits per heavy atom. The van der Waals surface area contributed by atoms with Gasteiger partial charge in [-0.05, 0) is 0 Å². The lowest BCUT2D eigenvalue weighted by Gasteiger charge is -2.59. The lowest BCUT2D eigenvalue weighted by atomic mass is 9.70. The van der Waals surface area contributed by atoms with Gasteiger partial charge in [-0.3, -0.25) is 9.59 Å². The van der Waals surface area contributed by atoms with Gasteiger partial charge in [-0.25, -0.2) is 0 Å². The second kappa shape index (κ2) is 18.4. The van der Waals surface area contributed by atoms with Crippen molar-refractivity contribution in [2.24, 2.45) is 0 Å². The van der Waals surface area contributed by atoms with Crippen LogP contribution in [-0.2, 0) is 33.3 Å². The molecule has 0 aromatic rings. The first-order valence-corrected chi connectivity index (χ1v) is 17.4. The number of aliphatic hydroxyl groups is 15. The molecule has 319 valence electrons. The predicted molar refractivity (Wildman–Crippen MR) is 172 cm³/mol. The molecular formula is C31H53N2O22. The molecule has 24 nitrogen and oxygen atoms in total. The first-order chi connectivity index (χ1) is 25.7. The van der Waals surface area contributed by atoms with Crippen LogP contribution >= 0.6 is 0 Å². The zero-order valence-electron chi connectivity index (χ0n) is 29.7. The Balaban J connectivity index is 1.95. The summed E-state index contributed by atoms with van der Waals surface area (Å²) in [6.45, 7) is -2.19. The Morgan fingerprint density at radius 2 is 1.31 bits per heavy atom. The molecule has 4 fully saturated rings. The van der Waals surface area contributed by atoms with Crippen molar-refractivity contribution in [3.8, 4) is 0 Å². The molecular weight excluding hydrogens is 752 g/mol. The van der Waals surface area contributed by atoms with Gasteiger partial charge in [-0.1, -0.05) is 0 Å². The number of aliphatic hydroxyl groups excluding tert-OH is 14. The van der Waals surface area contributed by atoms with E-state index < -0.39 is 179 Å². The number of rotatable bonds is 13. The molecule has 4 aliphatic heterocycles. The van der Waals surface area contributed by atoms with Crippen LogP contribution in [0.3, 0.4) is 0 Å². The Labute approximate surface area is 313 Å². The van der Waals surface area contributed by atoms with E-state index in [2.05, 4.69) is 10.6 Å². The fourth-order valence-corrected chi connectivity index (χ4v) is 7.49. The first-order valence-electron chi connectivity index (χ1n) is 17.4. The lowest BCUT2D eigenvalue weighted by Crippen LogP contribution is -2.79. The van der Waals surface area contributed by atoms with Crippen molar-refractivity contribution in [3.05, 3.63) is 6.10 Å². The molecule has 0 aliphatic carbocycles. The van der Waals surface area contributed by atoms with Gasteiger partial charge in [0.15, 0.2) is 17.7 Å². The Hall–Kier alpha value is -1.86. The highest BCUT2D eigenvalue weighted by Crippen LogP contribution is 2.51. The Morgan fingerprint density at radius 1 is 0.764 bits per heavy atom. The number of carbonyl (C=O) groups excluding carboxylic acids is 2. The van der Waals surface area contributed by atoms with Gasteiger partial charge in [0.2, 0.25) is 11.8 Å². The molecule has 17 N–H and O–H groups in total. The summed E-state index contributed by atoms with van der Waals surface area (Å²) in [7, 11) is 0. The highest BCUT2D eigenvalue weighted by molar-refractivity contribution is 5.73. The molecule has 4 rings (SSSR count). The van der Waals surface area contributed by atoms with E-state index in [0.717, 1.165) is 13.8 Å². The molecule has 20 atom stereocenters. The molecule has 2 unspecified atom stereocenters. The summed E-state index contributed by atoms with van der Waals surface area (Å²) in [4.78, 5) is 24.5. The number of carbonyl (C=O) groups is 2. The third-order valence-electron chi connectivity index (χ3n) is 10.3. The number of amides is 2. The standard InChI is InChI=1S/C31H53N2O22/c1-9(38)32-17-11(40)3-30(50,54-26(17)19(42)12(41)5-34)4-16-31(27(49)22(45)15(8-37)51-16,55-29-25(48)24(47)21(44)14(7-36)53-29)28-18(33-10(2)39)23(46)20(43)13(6-35)52-28/h11-15,17-29,34-37,40-50H,3-8H2,1-2H3,(H,32,38)(H,33,39)/t11-,12+,13+,14+,15+,17+,18+,19+,20-,21-,22-,23+,24-,25+,26+,27-,28?,29?,30-,31-/m0/s1. The summed E-state index contributed by atoms with van der Waals surface area (Å²) in [6.07, 6.45) is -35.8. The van der Waals surface area contributed by atoms with Gasteiger partial charge in [0, 0.05) is 26.7 Å². The summed E-state index contributed by atoms with van der Waals surface area (Å²) in [6, 6.07) is -3.48. The molecule has 4 aliphatic rings. The minimum atomic E-state index is -3.09. The van der Waals surface area contributed by atoms with Crippen molar-refractivity contribution in [1.82, 2.24) is 10.6 Å². The number of hydrogen-bond acceptors (Lipinski definition) is 22. The van der Waals surface area contributed by atoms with Crippen LogP contribution in [0.15, 0.2) is 0 Å². The minimum absolute atomic E-state index is 0.758. The van der Waals surface area contributed by atoms with Crippen molar-refractivity contribution >= 4 is 11.8 Å². The molecule has 1 radical (unpaired) electrons. The maximum absolute atomic E-state index is 12.5. The summed E-state index contributed by atoms with van der Waals surface area (Å²) in [5.74, 6) is -4.52. The summed E-state index contributed by atoms with van der Waals surface area (Å²) >= 11 is 0. The summed E-state index contributed by atoms with van der Waals surface area (Å²) in [5.41, 5.74) is -3.09. The minimum Gasteiger partial charge on any atom is -0.394 e. The van der Waals surface area contributed by atoms with Crippen LogP contribution in [0.4, 0.5) is 0 Å². The fraction of sp³-hybridized carbons (Fsp3) is 0.903. The molecule has 0 spiro atoms. The highest BCUT2D eigenvalue weighted by Gasteiger charge is 2.69. The van der Waals surface area contributed by atoms with E-state index in [0.29, 0.717) is 0 Å². The van der Waals surface area contributed by atoms with E-state index in [1.54, 1.807) is 0 Å². The van der Waals surface area contributed by atoms with Crippen LogP contribution in [0.1, 0.15) is 26.7 Å². The molecule has 4 saturated heterocycles. The third-order valence-corrected chi connectivity index (χ3v) is 10.3. The quantitative estimate of drug-likeness (QED) is 0.0821. The smallest absolute Gasteiger partial charge is 0.217 e. The molecule has 2 amide bonds. The van der Waals surface area contributed by atoms with Gasteiger partial charge in [0.05, 0.1) is 44.6 Å². The summed E-state index contributed by atoms with van der Waals surface area (Å²) < 4.78 is 29.3. The fourth-order valence-electron chi connectivity index (χ4n) is 7.49. The van der Waals surface area contributed by atoms with Gasteiger partial charge in [0.1, 0.15) is 91.6 Å². The van der Waals surface area contributed by atoms with Crippen LogP contribution in [0, 0.1) is 6.10 Å². The normalized spacial score (nSPS) is 46.8. The highest BCUT2D eigenvalue weighted by atomic mass is 16.7. The van der Waals surface area contributed by atoms with E-state index in [9.17, 15) is 86.2 Å². The topological polar surface area (TPSA) is 408 Å². The second-order valence-corrected chi connectivity index (χ2v) is 14.2. The average Bonchev–Trinajstić information content (AvgIpc) is 3.13. The maximum Gasteiger partial charge on any atom is 0.217 e. The molecule has 4 heterocycles. The van der Waals surface area contributed by atoms with Crippen LogP contribution in [0.25, 0.3) is 0 Å². The van der Waals surface area contributed by atoms with Crippen molar-refractivity contribution < 1.29 is 110 Å².